The van der Waals surface area contributed by atoms with Gasteiger partial charge in [-0.05, 0) is 30.2 Å². The second kappa shape index (κ2) is 7.45. The van der Waals surface area contributed by atoms with Crippen LogP contribution >= 0.6 is 0 Å². The highest BCUT2D eigenvalue weighted by atomic mass is 32.2. The molecule has 2 rings (SSSR count). The van der Waals surface area contributed by atoms with Gasteiger partial charge in [0, 0.05) is 12.6 Å². The first-order chi connectivity index (χ1) is 12.0. The number of sulfonamides is 1. The summed E-state index contributed by atoms with van der Waals surface area (Å²) in [6, 6.07) is 10.0. The van der Waals surface area contributed by atoms with E-state index in [1.165, 1.54) is 36.4 Å². The van der Waals surface area contributed by atoms with E-state index in [0.29, 0.717) is 0 Å². The van der Waals surface area contributed by atoms with E-state index >= 15 is 0 Å². The number of phenolic OH excluding ortho intramolecular Hbond substituents is 1. The summed E-state index contributed by atoms with van der Waals surface area (Å²) in [5, 5.41) is 9.64. The van der Waals surface area contributed by atoms with Gasteiger partial charge in [-0.3, -0.25) is 4.31 Å². The molecular weight excluding hydrogens is 371 g/mol. The highest BCUT2D eigenvalue weighted by molar-refractivity contribution is 7.93. The summed E-state index contributed by atoms with van der Waals surface area (Å²) in [7, 11) is -4.37. The predicted octanol–water partition coefficient (Wildman–Crippen LogP) is 4.14. The van der Waals surface area contributed by atoms with Gasteiger partial charge in [0.25, 0.3) is 10.0 Å². The van der Waals surface area contributed by atoms with Crippen LogP contribution in [0.5, 0.6) is 11.5 Å². The number of para-hydroxylation sites is 1. The van der Waals surface area contributed by atoms with Gasteiger partial charge >= 0.3 is 6.36 Å². The summed E-state index contributed by atoms with van der Waals surface area (Å²) in [6.45, 7) is 3.54. The Morgan fingerprint density at radius 3 is 2.35 bits per heavy atom. The third-order valence-electron chi connectivity index (χ3n) is 3.29. The Morgan fingerprint density at radius 2 is 1.77 bits per heavy atom. The molecule has 2 aromatic carbocycles. The van der Waals surface area contributed by atoms with Gasteiger partial charge in [0.1, 0.15) is 16.4 Å². The lowest BCUT2D eigenvalue weighted by Gasteiger charge is -2.27. The maximum absolute atomic E-state index is 13.1. The van der Waals surface area contributed by atoms with Gasteiger partial charge in [-0.1, -0.05) is 32.0 Å². The zero-order valence-electron chi connectivity index (χ0n) is 14.1. The third kappa shape index (κ3) is 4.81. The van der Waals surface area contributed by atoms with Crippen molar-refractivity contribution in [3.05, 3.63) is 48.5 Å². The summed E-state index contributed by atoms with van der Waals surface area (Å²) in [4.78, 5) is -0.610. The molecule has 0 radical (unpaired) electrons. The van der Waals surface area contributed by atoms with Crippen molar-refractivity contribution in [3.8, 4) is 11.5 Å². The molecule has 0 bridgehead atoms. The number of aromatic hydroxyl groups is 1. The summed E-state index contributed by atoms with van der Waals surface area (Å²) in [5.41, 5.74) is 0.139. The van der Waals surface area contributed by atoms with Crippen molar-refractivity contribution in [2.45, 2.75) is 25.1 Å². The topological polar surface area (TPSA) is 66.8 Å². The maximum Gasteiger partial charge on any atom is 0.573 e. The molecule has 5 nitrogen and oxygen atoms in total. The number of nitrogens with zero attached hydrogens (tertiary/aromatic N) is 1. The molecule has 0 amide bonds. The summed E-state index contributed by atoms with van der Waals surface area (Å²) in [5.74, 6) is -1.09. The smallest absolute Gasteiger partial charge is 0.508 e. The molecule has 0 heterocycles. The standard InChI is InChI=1S/C17H18F3NO4S/c1-12(2)11-21(13-6-5-7-14(22)10-13)26(23,24)16-9-4-3-8-15(16)25-17(18,19)20/h3-10,12,22H,11H2,1-2H3. The average molecular weight is 389 g/mol. The number of alkyl halides is 3. The lowest BCUT2D eigenvalue weighted by molar-refractivity contribution is -0.275. The minimum atomic E-state index is -5.03. The molecule has 0 aromatic heterocycles. The number of hydrogen-bond acceptors (Lipinski definition) is 4. The molecule has 26 heavy (non-hydrogen) atoms. The van der Waals surface area contributed by atoms with E-state index in [-0.39, 0.29) is 23.9 Å². The van der Waals surface area contributed by atoms with Gasteiger partial charge in [0.15, 0.2) is 0 Å². The molecular formula is C17H18F3NO4S. The minimum absolute atomic E-state index is 0.00609. The van der Waals surface area contributed by atoms with Crippen molar-refractivity contribution in [2.75, 3.05) is 10.8 Å². The van der Waals surface area contributed by atoms with Crippen molar-refractivity contribution in [1.82, 2.24) is 0 Å². The molecule has 0 aliphatic heterocycles. The van der Waals surface area contributed by atoms with Gasteiger partial charge in [0.2, 0.25) is 0 Å². The van der Waals surface area contributed by atoms with Crippen LogP contribution in [0, 0.1) is 5.92 Å². The number of hydrogen-bond donors (Lipinski definition) is 1. The van der Waals surface area contributed by atoms with Crippen LogP contribution in [-0.4, -0.2) is 26.4 Å². The Hall–Kier alpha value is -2.42. The number of phenols is 1. The second-order valence-electron chi connectivity index (χ2n) is 5.94. The molecule has 0 aliphatic rings. The summed E-state index contributed by atoms with van der Waals surface area (Å²) < 4.78 is 68.9. The first-order valence-corrected chi connectivity index (χ1v) is 9.11. The zero-order chi connectivity index (χ0) is 19.5. The average Bonchev–Trinajstić information content (AvgIpc) is 2.51. The van der Waals surface area contributed by atoms with Crippen molar-refractivity contribution < 1.29 is 31.4 Å². The normalized spacial score (nSPS) is 12.2. The number of benzene rings is 2. The number of rotatable bonds is 6. The van der Waals surface area contributed by atoms with Crippen molar-refractivity contribution in [1.29, 1.82) is 0 Å². The van der Waals surface area contributed by atoms with E-state index in [1.54, 1.807) is 13.8 Å². The Kier molecular flexibility index (Phi) is 5.70. The largest absolute Gasteiger partial charge is 0.573 e. The minimum Gasteiger partial charge on any atom is -0.508 e. The van der Waals surface area contributed by atoms with Crippen molar-refractivity contribution >= 4 is 15.7 Å². The Labute approximate surface area is 149 Å². The van der Waals surface area contributed by atoms with E-state index < -0.39 is 27.0 Å². The van der Waals surface area contributed by atoms with E-state index in [1.807, 2.05) is 0 Å². The van der Waals surface area contributed by atoms with Gasteiger partial charge in [-0.15, -0.1) is 13.2 Å². The first kappa shape index (κ1) is 19.9. The molecule has 0 saturated heterocycles. The lowest BCUT2D eigenvalue weighted by atomic mass is 10.2. The highest BCUT2D eigenvalue weighted by Gasteiger charge is 2.36. The maximum atomic E-state index is 13.1. The van der Waals surface area contributed by atoms with Crippen LogP contribution in [0.3, 0.4) is 0 Å². The highest BCUT2D eigenvalue weighted by Crippen LogP contribution is 2.34. The third-order valence-corrected chi connectivity index (χ3v) is 5.12. The van der Waals surface area contributed by atoms with Crippen LogP contribution in [0.25, 0.3) is 0 Å². The molecule has 0 unspecified atom stereocenters. The zero-order valence-corrected chi connectivity index (χ0v) is 14.9. The fourth-order valence-electron chi connectivity index (χ4n) is 2.31. The SMILES string of the molecule is CC(C)CN(c1cccc(O)c1)S(=O)(=O)c1ccccc1OC(F)(F)F. The Morgan fingerprint density at radius 1 is 1.12 bits per heavy atom. The first-order valence-electron chi connectivity index (χ1n) is 7.67. The molecule has 0 spiro atoms. The monoisotopic (exact) mass is 389 g/mol. The molecule has 142 valence electrons. The summed E-state index contributed by atoms with van der Waals surface area (Å²) >= 11 is 0. The lowest BCUT2D eigenvalue weighted by Crippen LogP contribution is -2.35. The number of anilines is 1. The van der Waals surface area contributed by atoms with Crippen LogP contribution in [-0.2, 0) is 10.0 Å². The molecule has 0 fully saturated rings. The number of halogens is 3. The molecule has 1 N–H and O–H groups in total. The number of ether oxygens (including phenoxy) is 1. The second-order valence-corrected chi connectivity index (χ2v) is 7.78. The quantitative estimate of drug-likeness (QED) is 0.806. The van der Waals surface area contributed by atoms with Gasteiger partial charge in [-0.2, -0.15) is 0 Å². The molecule has 9 heteroatoms. The van der Waals surface area contributed by atoms with E-state index in [9.17, 15) is 26.7 Å². The van der Waals surface area contributed by atoms with Crippen LogP contribution in [0.2, 0.25) is 0 Å². The summed E-state index contributed by atoms with van der Waals surface area (Å²) in [6.07, 6.45) is -5.03. The fraction of sp³-hybridized carbons (Fsp3) is 0.294. The Balaban J connectivity index is 2.58. The predicted molar refractivity (Wildman–Crippen MR) is 90.6 cm³/mol. The molecule has 0 aliphatic carbocycles. The van der Waals surface area contributed by atoms with Crippen LogP contribution < -0.4 is 9.04 Å². The van der Waals surface area contributed by atoms with Crippen LogP contribution in [0.15, 0.2) is 53.4 Å². The van der Waals surface area contributed by atoms with E-state index in [2.05, 4.69) is 4.74 Å². The van der Waals surface area contributed by atoms with Crippen LogP contribution in [0.4, 0.5) is 18.9 Å². The van der Waals surface area contributed by atoms with Crippen molar-refractivity contribution in [2.24, 2.45) is 5.92 Å². The molecule has 2 aromatic rings. The van der Waals surface area contributed by atoms with E-state index in [4.69, 9.17) is 0 Å². The van der Waals surface area contributed by atoms with Gasteiger partial charge in [-0.25, -0.2) is 8.42 Å². The molecule has 0 saturated carbocycles. The van der Waals surface area contributed by atoms with E-state index in [0.717, 1.165) is 16.4 Å². The molecule has 0 atom stereocenters. The van der Waals surface area contributed by atoms with Gasteiger partial charge < -0.3 is 9.84 Å². The van der Waals surface area contributed by atoms with Crippen LogP contribution in [0.1, 0.15) is 13.8 Å². The Bertz CT molecular complexity index is 866. The van der Waals surface area contributed by atoms with Crippen molar-refractivity contribution in [3.63, 3.8) is 0 Å². The van der Waals surface area contributed by atoms with Gasteiger partial charge in [0.05, 0.1) is 5.69 Å². The fourth-order valence-corrected chi connectivity index (χ4v) is 4.05.